The summed E-state index contributed by atoms with van der Waals surface area (Å²) in [5, 5.41) is 11.6. The molecule has 1 aliphatic heterocycles. The highest BCUT2D eigenvalue weighted by atomic mass is 16.3. The number of rotatable bonds is 1. The Morgan fingerprint density at radius 2 is 2.50 bits per heavy atom. The number of nitrogens with one attached hydrogen (secondary N) is 1. The molecule has 1 heterocycles. The molecule has 2 atom stereocenters. The average molecular weight is 115 g/mol. The first kappa shape index (κ1) is 5.72. The summed E-state index contributed by atoms with van der Waals surface area (Å²) in [5.41, 5.74) is 0. The van der Waals surface area contributed by atoms with Gasteiger partial charge in [-0.2, -0.15) is 0 Å². The van der Waals surface area contributed by atoms with E-state index in [0.29, 0.717) is 13.0 Å². The zero-order valence-electron chi connectivity index (χ0n) is 4.50. The monoisotopic (exact) mass is 115 g/mol. The first-order valence-electron chi connectivity index (χ1n) is 2.69. The van der Waals surface area contributed by atoms with Crippen molar-refractivity contribution in [2.45, 2.75) is 18.6 Å². The molecule has 8 heavy (non-hydrogen) atoms. The summed E-state index contributed by atoms with van der Waals surface area (Å²) >= 11 is 0. The Kier molecular flexibility index (Phi) is 1.60. The molecule has 0 aromatic rings. The second kappa shape index (κ2) is 2.24. The van der Waals surface area contributed by atoms with Crippen LogP contribution in [0.4, 0.5) is 0 Å². The number of β-amino-alcohol motifs (C(OH)–C–C–N with tert-alkyl or cyclic N) is 1. The van der Waals surface area contributed by atoms with Crippen LogP contribution in [0, 0.1) is 0 Å². The van der Waals surface area contributed by atoms with Crippen molar-refractivity contribution in [3.63, 3.8) is 0 Å². The third-order valence-corrected chi connectivity index (χ3v) is 1.31. The van der Waals surface area contributed by atoms with Gasteiger partial charge in [0, 0.05) is 6.54 Å². The minimum Gasteiger partial charge on any atom is -0.392 e. The Morgan fingerprint density at radius 3 is 2.75 bits per heavy atom. The van der Waals surface area contributed by atoms with Gasteiger partial charge in [-0.15, -0.1) is 0 Å². The van der Waals surface area contributed by atoms with Gasteiger partial charge in [-0.25, -0.2) is 0 Å². The highest BCUT2D eigenvalue weighted by Gasteiger charge is 2.20. The van der Waals surface area contributed by atoms with Crippen LogP contribution in [0.5, 0.6) is 0 Å². The second-order valence-corrected chi connectivity index (χ2v) is 2.04. The van der Waals surface area contributed by atoms with E-state index in [4.69, 9.17) is 5.11 Å². The van der Waals surface area contributed by atoms with Gasteiger partial charge in [0.15, 0.2) is 0 Å². The lowest BCUT2D eigenvalue weighted by Gasteiger charge is -1.94. The molecule has 0 radical (unpaired) electrons. The van der Waals surface area contributed by atoms with Crippen molar-refractivity contribution in [3.8, 4) is 0 Å². The van der Waals surface area contributed by atoms with Crippen LogP contribution in [0.2, 0.25) is 0 Å². The molecule has 2 N–H and O–H groups in total. The van der Waals surface area contributed by atoms with Crippen LogP contribution >= 0.6 is 0 Å². The number of aliphatic hydroxyl groups excluding tert-OH is 1. The summed E-state index contributed by atoms with van der Waals surface area (Å²) in [6.07, 6.45) is 1.09. The van der Waals surface area contributed by atoms with Gasteiger partial charge < -0.3 is 15.2 Å². The number of hydrogen-bond acceptors (Lipinski definition) is 3. The van der Waals surface area contributed by atoms with Gasteiger partial charge in [0.2, 0.25) is 0 Å². The van der Waals surface area contributed by atoms with Gasteiger partial charge >= 0.3 is 0 Å². The van der Waals surface area contributed by atoms with E-state index in [0.717, 1.165) is 6.29 Å². The van der Waals surface area contributed by atoms with Crippen LogP contribution in [0.25, 0.3) is 0 Å². The zero-order valence-corrected chi connectivity index (χ0v) is 4.50. The summed E-state index contributed by atoms with van der Waals surface area (Å²) < 4.78 is 0. The minimum absolute atomic E-state index is 0.106. The van der Waals surface area contributed by atoms with Crippen LogP contribution in [-0.4, -0.2) is 30.1 Å². The summed E-state index contributed by atoms with van der Waals surface area (Å²) in [4.78, 5) is 9.98. The first-order valence-corrected chi connectivity index (χ1v) is 2.69. The standard InChI is InChI=1S/C5H9NO2/c7-3-4-1-5(8)2-6-4/h3-6,8H,1-2H2/t4-,5+/m1/s1. The molecule has 0 aliphatic carbocycles. The van der Waals surface area contributed by atoms with E-state index in [-0.39, 0.29) is 12.1 Å². The lowest BCUT2D eigenvalue weighted by atomic mass is 10.2. The summed E-state index contributed by atoms with van der Waals surface area (Å²) in [6, 6.07) is -0.106. The van der Waals surface area contributed by atoms with Crippen LogP contribution in [0.1, 0.15) is 6.42 Å². The van der Waals surface area contributed by atoms with Crippen molar-refractivity contribution in [1.29, 1.82) is 0 Å². The van der Waals surface area contributed by atoms with E-state index in [1.54, 1.807) is 0 Å². The molecule has 46 valence electrons. The number of hydrogen-bond donors (Lipinski definition) is 2. The van der Waals surface area contributed by atoms with Gasteiger partial charge in [0.05, 0.1) is 12.1 Å². The Bertz CT molecular complexity index is 94.4. The summed E-state index contributed by atoms with van der Waals surface area (Å²) in [6.45, 7) is 0.559. The average Bonchev–Trinajstić information content (AvgIpc) is 2.14. The summed E-state index contributed by atoms with van der Waals surface area (Å²) in [5.74, 6) is 0. The molecule has 0 bridgehead atoms. The molecule has 0 aromatic heterocycles. The summed E-state index contributed by atoms with van der Waals surface area (Å²) in [7, 11) is 0. The van der Waals surface area contributed by atoms with Gasteiger partial charge in [0.25, 0.3) is 0 Å². The lowest BCUT2D eigenvalue weighted by Crippen LogP contribution is -2.22. The van der Waals surface area contributed by atoms with Gasteiger partial charge in [0.1, 0.15) is 6.29 Å². The Morgan fingerprint density at radius 1 is 1.75 bits per heavy atom. The number of carbonyl (C=O) groups excluding carboxylic acids is 1. The van der Waals surface area contributed by atoms with E-state index in [1.165, 1.54) is 0 Å². The van der Waals surface area contributed by atoms with Gasteiger partial charge in [-0.05, 0) is 6.42 Å². The van der Waals surface area contributed by atoms with E-state index in [2.05, 4.69) is 5.32 Å². The predicted molar refractivity (Wildman–Crippen MR) is 28.5 cm³/mol. The Balaban J connectivity index is 2.32. The number of carbonyl (C=O) groups is 1. The van der Waals surface area contributed by atoms with Crippen LogP contribution in [0.3, 0.4) is 0 Å². The SMILES string of the molecule is O=C[C@H]1C[C@H](O)CN1. The molecule has 0 unspecified atom stereocenters. The van der Waals surface area contributed by atoms with Crippen molar-refractivity contribution in [3.05, 3.63) is 0 Å². The fraction of sp³-hybridized carbons (Fsp3) is 0.800. The lowest BCUT2D eigenvalue weighted by molar-refractivity contribution is -0.109. The van der Waals surface area contributed by atoms with Crippen molar-refractivity contribution < 1.29 is 9.90 Å². The van der Waals surface area contributed by atoms with E-state index >= 15 is 0 Å². The van der Waals surface area contributed by atoms with E-state index in [1.807, 2.05) is 0 Å². The first-order chi connectivity index (χ1) is 3.83. The normalized spacial score (nSPS) is 37.6. The molecule has 3 nitrogen and oxygen atoms in total. The number of aldehydes is 1. The molecule has 0 amide bonds. The third-order valence-electron chi connectivity index (χ3n) is 1.31. The molecule has 1 rings (SSSR count). The molecule has 0 saturated carbocycles. The third kappa shape index (κ3) is 1.05. The van der Waals surface area contributed by atoms with Gasteiger partial charge in [-0.1, -0.05) is 0 Å². The van der Waals surface area contributed by atoms with Crippen LogP contribution in [-0.2, 0) is 4.79 Å². The van der Waals surface area contributed by atoms with Crippen molar-refractivity contribution in [2.24, 2.45) is 0 Å². The molecule has 0 spiro atoms. The Labute approximate surface area is 47.7 Å². The zero-order chi connectivity index (χ0) is 5.98. The highest BCUT2D eigenvalue weighted by Crippen LogP contribution is 2.02. The van der Waals surface area contributed by atoms with Crippen LogP contribution in [0.15, 0.2) is 0 Å². The topological polar surface area (TPSA) is 49.3 Å². The quantitative estimate of drug-likeness (QED) is 0.427. The second-order valence-electron chi connectivity index (χ2n) is 2.04. The van der Waals surface area contributed by atoms with E-state index < -0.39 is 0 Å². The van der Waals surface area contributed by atoms with E-state index in [9.17, 15) is 4.79 Å². The molecule has 0 aromatic carbocycles. The Hall–Kier alpha value is -0.410. The maximum atomic E-state index is 9.98. The predicted octanol–water partition coefficient (Wildman–Crippen LogP) is -1.09. The highest BCUT2D eigenvalue weighted by molar-refractivity contribution is 5.58. The minimum atomic E-state index is -0.315. The van der Waals surface area contributed by atoms with Crippen molar-refractivity contribution >= 4 is 6.29 Å². The molecule has 1 fully saturated rings. The largest absolute Gasteiger partial charge is 0.392 e. The number of aliphatic hydroxyl groups is 1. The maximum absolute atomic E-state index is 9.98. The molecule has 3 heteroatoms. The fourth-order valence-corrected chi connectivity index (χ4v) is 0.851. The maximum Gasteiger partial charge on any atom is 0.136 e. The van der Waals surface area contributed by atoms with Crippen molar-refractivity contribution in [1.82, 2.24) is 5.32 Å². The van der Waals surface area contributed by atoms with Gasteiger partial charge in [-0.3, -0.25) is 0 Å². The molecular formula is C5H9NO2. The fourth-order valence-electron chi connectivity index (χ4n) is 0.851. The molecular weight excluding hydrogens is 106 g/mol. The molecule has 1 aliphatic rings. The smallest absolute Gasteiger partial charge is 0.136 e. The molecule has 1 saturated heterocycles. The van der Waals surface area contributed by atoms with Crippen molar-refractivity contribution in [2.75, 3.05) is 6.54 Å². The van der Waals surface area contributed by atoms with Crippen LogP contribution < -0.4 is 5.32 Å².